The van der Waals surface area contributed by atoms with Crippen molar-refractivity contribution in [3.05, 3.63) is 63.7 Å². The summed E-state index contributed by atoms with van der Waals surface area (Å²) in [6, 6.07) is 4.10. The van der Waals surface area contributed by atoms with Gasteiger partial charge >= 0.3 is 18.5 Å². The Morgan fingerprint density at radius 2 is 1.55 bits per heavy atom. The van der Waals surface area contributed by atoms with E-state index in [0.29, 0.717) is 29.8 Å². The molecule has 2 aliphatic heterocycles. The maximum absolute atomic E-state index is 13.7. The SMILES string of the molecule is NCCn1nnc(N(Cc2cc(C(F)(F)F)cc(C(F)(F)F)c2)[C@H]2CCCN(CCC(F)(F)F)c3cc4c(cc32)COC4)n1. The minimum atomic E-state index is -5.06. The number of rotatable bonds is 8. The van der Waals surface area contributed by atoms with E-state index in [1.165, 1.54) is 4.90 Å². The Morgan fingerprint density at radius 1 is 0.886 bits per heavy atom. The number of hydrogen-bond acceptors (Lipinski definition) is 7. The van der Waals surface area contributed by atoms with E-state index in [9.17, 15) is 39.5 Å². The van der Waals surface area contributed by atoms with E-state index in [1.807, 2.05) is 0 Å². The summed E-state index contributed by atoms with van der Waals surface area (Å²) in [6.07, 6.45) is -15.0. The molecule has 0 bridgehead atoms. The highest BCUT2D eigenvalue weighted by molar-refractivity contribution is 5.62. The molecular formula is C27H28F9N7O. The standard InChI is InChI=1S/C27H28F9N7O/c28-25(29,30)3-6-41-5-1-2-22(21-10-17-14-44-15-18(17)11-23(21)41)42(24-38-40-43(39-24)7-4-37)13-16-8-19(26(31,32)33)12-20(9-16)27(34,35)36/h8-12,22H,1-7,13-15,37H2/t22-/m0/s1. The van der Waals surface area contributed by atoms with Gasteiger partial charge in [0.05, 0.1) is 43.3 Å². The third kappa shape index (κ3) is 7.20. The third-order valence-electron chi connectivity index (χ3n) is 7.54. The molecule has 3 heterocycles. The molecule has 0 aliphatic carbocycles. The van der Waals surface area contributed by atoms with Crippen molar-refractivity contribution in [2.24, 2.45) is 5.73 Å². The third-order valence-corrected chi connectivity index (χ3v) is 7.54. The minimum Gasteiger partial charge on any atom is -0.372 e. The molecule has 1 atom stereocenters. The molecule has 17 heteroatoms. The molecule has 0 spiro atoms. The quantitative estimate of drug-likeness (QED) is 0.304. The van der Waals surface area contributed by atoms with E-state index in [0.717, 1.165) is 15.9 Å². The summed E-state index contributed by atoms with van der Waals surface area (Å²) in [5.74, 6) is -0.0825. The smallest absolute Gasteiger partial charge is 0.372 e. The maximum Gasteiger partial charge on any atom is 0.416 e. The summed E-state index contributed by atoms with van der Waals surface area (Å²) in [5.41, 5.74) is 4.89. The number of ether oxygens (including phenoxy) is 1. The number of tetrazole rings is 1. The molecule has 0 radical (unpaired) electrons. The van der Waals surface area contributed by atoms with Gasteiger partial charge in [-0.1, -0.05) is 5.10 Å². The topological polar surface area (TPSA) is 85.3 Å². The monoisotopic (exact) mass is 637 g/mol. The molecule has 44 heavy (non-hydrogen) atoms. The summed E-state index contributed by atoms with van der Waals surface area (Å²) in [5, 5.41) is 12.2. The minimum absolute atomic E-state index is 0.0480. The Kier molecular flexibility index (Phi) is 8.72. The molecule has 3 aromatic rings. The van der Waals surface area contributed by atoms with E-state index in [-0.39, 0.29) is 63.4 Å². The van der Waals surface area contributed by atoms with Crippen LogP contribution in [0.3, 0.4) is 0 Å². The molecule has 0 unspecified atom stereocenters. The zero-order valence-electron chi connectivity index (χ0n) is 23.1. The molecule has 0 amide bonds. The Bertz CT molecular complexity index is 1440. The second-order valence-corrected chi connectivity index (χ2v) is 10.7. The Hall–Kier alpha value is -3.60. The molecule has 5 rings (SSSR count). The number of nitrogens with two attached hydrogens (primary N) is 1. The van der Waals surface area contributed by atoms with Crippen LogP contribution in [0.1, 0.15) is 58.7 Å². The Balaban J connectivity index is 1.63. The summed E-state index contributed by atoms with van der Waals surface area (Å²) in [4.78, 5) is 4.20. The average Bonchev–Trinajstić information content (AvgIpc) is 3.55. The molecule has 2 aliphatic rings. The van der Waals surface area contributed by atoms with Gasteiger partial charge in [-0.3, -0.25) is 0 Å². The summed E-state index contributed by atoms with van der Waals surface area (Å²) in [7, 11) is 0. The van der Waals surface area contributed by atoms with Crippen LogP contribution in [0.2, 0.25) is 0 Å². The maximum atomic E-state index is 13.7. The second kappa shape index (κ2) is 12.1. The molecule has 2 aromatic carbocycles. The zero-order chi connectivity index (χ0) is 31.9. The van der Waals surface area contributed by atoms with Crippen molar-refractivity contribution >= 4 is 11.6 Å². The highest BCUT2D eigenvalue weighted by atomic mass is 19.4. The van der Waals surface area contributed by atoms with E-state index in [4.69, 9.17) is 10.5 Å². The fourth-order valence-corrected chi connectivity index (χ4v) is 5.53. The normalized spacial score (nSPS) is 17.4. The van der Waals surface area contributed by atoms with Crippen LogP contribution in [-0.4, -0.2) is 46.0 Å². The number of benzene rings is 2. The van der Waals surface area contributed by atoms with Gasteiger partial charge in [0.25, 0.3) is 5.95 Å². The van der Waals surface area contributed by atoms with Crippen molar-refractivity contribution in [2.45, 2.75) is 70.1 Å². The molecule has 8 nitrogen and oxygen atoms in total. The first kappa shape index (κ1) is 31.8. The molecule has 0 fully saturated rings. The number of hydrogen-bond donors (Lipinski definition) is 1. The van der Waals surface area contributed by atoms with Crippen LogP contribution in [0, 0.1) is 0 Å². The summed E-state index contributed by atoms with van der Waals surface area (Å²) >= 11 is 0. The van der Waals surface area contributed by atoms with Gasteiger partial charge < -0.3 is 20.3 Å². The van der Waals surface area contributed by atoms with Gasteiger partial charge in [-0.2, -0.15) is 44.3 Å². The first-order valence-electron chi connectivity index (χ1n) is 13.7. The number of nitrogens with zero attached hydrogens (tertiary/aromatic N) is 6. The molecule has 240 valence electrons. The number of alkyl halides is 9. The van der Waals surface area contributed by atoms with Crippen molar-refractivity contribution in [3.8, 4) is 0 Å². The predicted molar refractivity (Wildman–Crippen MR) is 139 cm³/mol. The van der Waals surface area contributed by atoms with Crippen molar-refractivity contribution < 1.29 is 44.3 Å². The van der Waals surface area contributed by atoms with Crippen molar-refractivity contribution in [3.63, 3.8) is 0 Å². The van der Waals surface area contributed by atoms with Gasteiger partial charge in [-0.15, -0.1) is 5.10 Å². The lowest BCUT2D eigenvalue weighted by Crippen LogP contribution is -2.31. The lowest BCUT2D eigenvalue weighted by Gasteiger charge is -2.33. The van der Waals surface area contributed by atoms with Crippen LogP contribution in [0.15, 0.2) is 30.3 Å². The average molecular weight is 638 g/mol. The van der Waals surface area contributed by atoms with E-state index in [1.54, 1.807) is 17.0 Å². The number of anilines is 2. The summed E-state index contributed by atoms with van der Waals surface area (Å²) < 4.78 is 127. The van der Waals surface area contributed by atoms with Crippen molar-refractivity contribution in [1.82, 2.24) is 20.2 Å². The fourth-order valence-electron chi connectivity index (χ4n) is 5.53. The van der Waals surface area contributed by atoms with Crippen LogP contribution >= 0.6 is 0 Å². The lowest BCUT2D eigenvalue weighted by molar-refractivity contribution is -0.143. The van der Waals surface area contributed by atoms with Crippen molar-refractivity contribution in [1.29, 1.82) is 0 Å². The van der Waals surface area contributed by atoms with E-state index < -0.39 is 48.7 Å². The first-order valence-corrected chi connectivity index (χ1v) is 13.7. The predicted octanol–water partition coefficient (Wildman–Crippen LogP) is 6.00. The van der Waals surface area contributed by atoms with E-state index >= 15 is 0 Å². The van der Waals surface area contributed by atoms with Gasteiger partial charge in [-0.25, -0.2) is 0 Å². The first-order chi connectivity index (χ1) is 20.6. The van der Waals surface area contributed by atoms with E-state index in [2.05, 4.69) is 15.4 Å². The number of halogens is 9. The lowest BCUT2D eigenvalue weighted by atomic mass is 9.95. The van der Waals surface area contributed by atoms with Gasteiger partial charge in [0.15, 0.2) is 0 Å². The largest absolute Gasteiger partial charge is 0.416 e. The second-order valence-electron chi connectivity index (χ2n) is 10.7. The van der Waals surface area contributed by atoms with Gasteiger partial charge in [0.1, 0.15) is 0 Å². The molecular weight excluding hydrogens is 609 g/mol. The van der Waals surface area contributed by atoms with Gasteiger partial charge in [0, 0.05) is 31.9 Å². The number of fused-ring (bicyclic) bond motifs is 2. The Morgan fingerprint density at radius 3 is 2.16 bits per heavy atom. The molecule has 2 N–H and O–H groups in total. The van der Waals surface area contributed by atoms with Crippen molar-refractivity contribution in [2.75, 3.05) is 29.4 Å². The van der Waals surface area contributed by atoms with Gasteiger partial charge in [0.2, 0.25) is 0 Å². The molecule has 0 saturated carbocycles. The van der Waals surface area contributed by atoms with Crippen LogP contribution in [0.25, 0.3) is 0 Å². The van der Waals surface area contributed by atoms with Crippen LogP contribution in [0.5, 0.6) is 0 Å². The zero-order valence-corrected chi connectivity index (χ0v) is 23.1. The van der Waals surface area contributed by atoms with Crippen LogP contribution in [-0.2, 0) is 43.4 Å². The van der Waals surface area contributed by atoms with Gasteiger partial charge in [-0.05, 0) is 70.6 Å². The fraction of sp³-hybridized carbons (Fsp3) is 0.519. The summed E-state index contributed by atoms with van der Waals surface area (Å²) in [6.45, 7) is 0.180. The molecule has 0 saturated heterocycles. The highest BCUT2D eigenvalue weighted by Gasteiger charge is 2.38. The highest BCUT2D eigenvalue weighted by Crippen LogP contribution is 2.43. The van der Waals surface area contributed by atoms with Crippen LogP contribution in [0.4, 0.5) is 51.1 Å². The number of aromatic nitrogens is 4. The Labute approximate surface area is 245 Å². The van der Waals surface area contributed by atoms with Crippen LogP contribution < -0.4 is 15.5 Å². The molecule has 1 aromatic heterocycles.